The number of aliphatic carboxylic acids is 1. The highest BCUT2D eigenvalue weighted by molar-refractivity contribution is 14.1. The van der Waals surface area contributed by atoms with Crippen LogP contribution in [-0.4, -0.2) is 15.6 Å². The smallest absolute Gasteiger partial charge is 0.326 e. The van der Waals surface area contributed by atoms with Crippen LogP contribution in [-0.2, 0) is 4.79 Å². The molecule has 94 valence electrons. The predicted molar refractivity (Wildman–Crippen MR) is 77.9 cm³/mol. The number of nitrogens with zero attached hydrogens (tertiary/aromatic N) is 1. The first-order valence-corrected chi connectivity index (χ1v) is 6.65. The molecule has 0 aliphatic carbocycles. The lowest BCUT2D eigenvalue weighted by molar-refractivity contribution is -0.141. The Morgan fingerprint density at radius 3 is 2.78 bits per heavy atom. The second kappa shape index (κ2) is 5.09. The molecule has 1 aromatic carbocycles. The summed E-state index contributed by atoms with van der Waals surface area (Å²) in [5.41, 5.74) is -0.252. The zero-order chi connectivity index (χ0) is 13.3. The van der Waals surface area contributed by atoms with E-state index in [0.717, 1.165) is 8.96 Å². The van der Waals surface area contributed by atoms with Gasteiger partial charge in [0.25, 0.3) is 5.56 Å². The molecule has 5 heteroatoms. The first-order chi connectivity index (χ1) is 8.54. The highest BCUT2D eigenvalue weighted by atomic mass is 127. The Kier molecular flexibility index (Phi) is 3.70. The van der Waals surface area contributed by atoms with E-state index < -0.39 is 12.0 Å². The summed E-state index contributed by atoms with van der Waals surface area (Å²) < 4.78 is 2.33. The average molecular weight is 357 g/mol. The van der Waals surface area contributed by atoms with Crippen LogP contribution in [0.25, 0.3) is 10.8 Å². The second-order valence-corrected chi connectivity index (χ2v) is 5.27. The van der Waals surface area contributed by atoms with E-state index in [1.807, 2.05) is 12.1 Å². The number of rotatable bonds is 3. The molecule has 2 aromatic rings. The van der Waals surface area contributed by atoms with E-state index in [-0.39, 0.29) is 5.56 Å². The van der Waals surface area contributed by atoms with Crippen LogP contribution >= 0.6 is 22.6 Å². The fraction of sp³-hybridized carbons (Fsp3) is 0.231. The summed E-state index contributed by atoms with van der Waals surface area (Å²) in [5.74, 6) is -0.982. The van der Waals surface area contributed by atoms with Crippen molar-refractivity contribution < 1.29 is 9.90 Å². The van der Waals surface area contributed by atoms with E-state index in [2.05, 4.69) is 22.6 Å². The molecule has 0 amide bonds. The Morgan fingerprint density at radius 1 is 1.44 bits per heavy atom. The summed E-state index contributed by atoms with van der Waals surface area (Å²) in [4.78, 5) is 23.4. The third-order valence-corrected chi connectivity index (χ3v) is 3.57. The van der Waals surface area contributed by atoms with Gasteiger partial charge in [-0.2, -0.15) is 0 Å². The Labute approximate surface area is 117 Å². The van der Waals surface area contributed by atoms with Crippen LogP contribution < -0.4 is 5.56 Å². The van der Waals surface area contributed by atoms with Crippen molar-refractivity contribution in [2.24, 2.45) is 0 Å². The van der Waals surface area contributed by atoms with Crippen molar-refractivity contribution in [2.75, 3.05) is 0 Å². The highest BCUT2D eigenvalue weighted by Gasteiger charge is 2.18. The lowest BCUT2D eigenvalue weighted by atomic mass is 10.1. The van der Waals surface area contributed by atoms with Gasteiger partial charge in [-0.3, -0.25) is 4.79 Å². The van der Waals surface area contributed by atoms with Gasteiger partial charge < -0.3 is 9.67 Å². The maximum Gasteiger partial charge on any atom is 0.326 e. The molecule has 0 spiro atoms. The number of hydrogen-bond acceptors (Lipinski definition) is 2. The quantitative estimate of drug-likeness (QED) is 0.860. The predicted octanol–water partition coefficient (Wildman–Crippen LogP) is 2.64. The number of pyridine rings is 1. The van der Waals surface area contributed by atoms with Gasteiger partial charge >= 0.3 is 5.97 Å². The molecule has 0 saturated heterocycles. The molecular formula is C13H12INO3. The van der Waals surface area contributed by atoms with Crippen LogP contribution in [0.2, 0.25) is 0 Å². The van der Waals surface area contributed by atoms with Gasteiger partial charge in [-0.25, -0.2) is 4.79 Å². The van der Waals surface area contributed by atoms with E-state index >= 15 is 0 Å². The third kappa shape index (κ3) is 2.27. The van der Waals surface area contributed by atoms with Gasteiger partial charge in [0, 0.05) is 15.2 Å². The molecule has 1 heterocycles. The first-order valence-electron chi connectivity index (χ1n) is 5.57. The lowest BCUT2D eigenvalue weighted by Crippen LogP contribution is -2.29. The fourth-order valence-corrected chi connectivity index (χ4v) is 2.48. The largest absolute Gasteiger partial charge is 0.480 e. The van der Waals surface area contributed by atoms with E-state index in [1.54, 1.807) is 25.3 Å². The maximum atomic E-state index is 12.2. The first kappa shape index (κ1) is 13.1. The molecule has 0 aliphatic rings. The summed E-state index contributed by atoms with van der Waals surface area (Å²) in [7, 11) is 0. The number of carboxylic acid groups (broad SMARTS) is 1. The molecule has 0 bridgehead atoms. The topological polar surface area (TPSA) is 59.3 Å². The minimum Gasteiger partial charge on any atom is -0.480 e. The average Bonchev–Trinajstić information content (AvgIpc) is 2.32. The van der Waals surface area contributed by atoms with E-state index in [0.29, 0.717) is 11.8 Å². The van der Waals surface area contributed by atoms with Gasteiger partial charge in [0.15, 0.2) is 0 Å². The standard InChI is InChI=1S/C13H12INO3/c1-2-11(13(17)18)15-6-5-8-7-9(14)3-4-10(8)12(15)16/h3-7,11H,2H2,1H3,(H,17,18). The van der Waals surface area contributed by atoms with Crippen molar-refractivity contribution in [3.63, 3.8) is 0 Å². The molecule has 0 fully saturated rings. The third-order valence-electron chi connectivity index (χ3n) is 2.90. The molecule has 1 unspecified atom stereocenters. The van der Waals surface area contributed by atoms with Gasteiger partial charge in [0.05, 0.1) is 0 Å². The monoisotopic (exact) mass is 357 g/mol. The molecule has 0 aliphatic heterocycles. The molecule has 4 nitrogen and oxygen atoms in total. The molecule has 0 saturated carbocycles. The lowest BCUT2D eigenvalue weighted by Gasteiger charge is -2.14. The van der Waals surface area contributed by atoms with Crippen molar-refractivity contribution in [2.45, 2.75) is 19.4 Å². The molecule has 1 aromatic heterocycles. The van der Waals surface area contributed by atoms with Crippen molar-refractivity contribution in [1.29, 1.82) is 0 Å². The zero-order valence-corrected chi connectivity index (χ0v) is 11.9. The van der Waals surface area contributed by atoms with Crippen molar-refractivity contribution in [3.8, 4) is 0 Å². The normalized spacial score (nSPS) is 12.6. The Balaban J connectivity index is 2.68. The Morgan fingerprint density at radius 2 is 2.17 bits per heavy atom. The van der Waals surface area contributed by atoms with Gasteiger partial charge in [-0.15, -0.1) is 0 Å². The fourth-order valence-electron chi connectivity index (χ4n) is 1.97. The zero-order valence-electron chi connectivity index (χ0n) is 9.76. The molecule has 0 radical (unpaired) electrons. The van der Waals surface area contributed by atoms with Crippen LogP contribution in [0.5, 0.6) is 0 Å². The molecule has 2 rings (SSSR count). The van der Waals surface area contributed by atoms with Gasteiger partial charge in [-0.1, -0.05) is 6.92 Å². The summed E-state index contributed by atoms with van der Waals surface area (Å²) in [6, 6.07) is 6.47. The Hall–Kier alpha value is -1.37. The summed E-state index contributed by atoms with van der Waals surface area (Å²) in [6.45, 7) is 1.75. The van der Waals surface area contributed by atoms with Gasteiger partial charge in [-0.05, 0) is 58.7 Å². The van der Waals surface area contributed by atoms with Crippen LogP contribution in [0.4, 0.5) is 0 Å². The van der Waals surface area contributed by atoms with Crippen LogP contribution in [0, 0.1) is 3.57 Å². The Bertz CT molecular complexity index is 663. The number of fused-ring (bicyclic) bond motifs is 1. The van der Waals surface area contributed by atoms with Crippen molar-refractivity contribution >= 4 is 39.3 Å². The number of hydrogen-bond donors (Lipinski definition) is 1. The highest BCUT2D eigenvalue weighted by Crippen LogP contribution is 2.16. The van der Waals surface area contributed by atoms with Crippen molar-refractivity contribution in [1.82, 2.24) is 4.57 Å². The molecule has 1 atom stereocenters. The molecule has 1 N–H and O–H groups in total. The van der Waals surface area contributed by atoms with E-state index in [1.165, 1.54) is 4.57 Å². The number of aromatic nitrogens is 1. The maximum absolute atomic E-state index is 12.2. The number of carboxylic acids is 1. The number of carbonyl (C=O) groups is 1. The van der Waals surface area contributed by atoms with Crippen LogP contribution in [0.15, 0.2) is 35.3 Å². The minimum absolute atomic E-state index is 0.252. The van der Waals surface area contributed by atoms with Crippen molar-refractivity contribution in [3.05, 3.63) is 44.4 Å². The van der Waals surface area contributed by atoms with E-state index in [4.69, 9.17) is 5.11 Å². The number of benzene rings is 1. The molecule has 18 heavy (non-hydrogen) atoms. The summed E-state index contributed by atoms with van der Waals surface area (Å²) in [6.07, 6.45) is 1.94. The van der Waals surface area contributed by atoms with Crippen LogP contribution in [0.1, 0.15) is 19.4 Å². The molecular weight excluding hydrogens is 345 g/mol. The number of halogens is 1. The minimum atomic E-state index is -0.982. The van der Waals surface area contributed by atoms with Gasteiger partial charge in [0.2, 0.25) is 0 Å². The van der Waals surface area contributed by atoms with E-state index in [9.17, 15) is 9.59 Å². The second-order valence-electron chi connectivity index (χ2n) is 4.02. The SMILES string of the molecule is CCC(C(=O)O)n1ccc2cc(I)ccc2c1=O. The summed E-state index contributed by atoms with van der Waals surface area (Å²) in [5, 5.41) is 10.5. The van der Waals surface area contributed by atoms with Crippen LogP contribution in [0.3, 0.4) is 0 Å². The van der Waals surface area contributed by atoms with Gasteiger partial charge in [0.1, 0.15) is 6.04 Å². The summed E-state index contributed by atoms with van der Waals surface area (Å²) >= 11 is 2.18.